The molecule has 0 aromatic heterocycles. The number of aliphatic hydroxyl groups excluding tert-OH is 2. The van der Waals surface area contributed by atoms with Gasteiger partial charge in [-0.2, -0.15) is 0 Å². The summed E-state index contributed by atoms with van der Waals surface area (Å²) in [4.78, 5) is 0. The van der Waals surface area contributed by atoms with Crippen molar-refractivity contribution in [3.05, 3.63) is 0 Å². The smallest absolute Gasteiger partial charge is 0.0431 e. The molecule has 0 amide bonds. The van der Waals surface area contributed by atoms with E-state index in [-0.39, 0.29) is 0 Å². The largest absolute Gasteiger partial charge is 0.396 e. The zero-order chi connectivity index (χ0) is 11.8. The molecule has 0 atom stereocenters. The topological polar surface area (TPSA) is 40.5 Å². The third-order valence-corrected chi connectivity index (χ3v) is 2.24. The summed E-state index contributed by atoms with van der Waals surface area (Å²) in [5.41, 5.74) is 0. The maximum Gasteiger partial charge on any atom is 0.0431 e. The van der Waals surface area contributed by atoms with Gasteiger partial charge in [-0.3, -0.25) is 0 Å². The fraction of sp³-hybridized carbons (Fsp3) is 1.00. The summed E-state index contributed by atoms with van der Waals surface area (Å²) in [5.74, 6) is 0. The second-order valence-corrected chi connectivity index (χ2v) is 3.92. The van der Waals surface area contributed by atoms with Crippen molar-refractivity contribution in [2.24, 2.45) is 0 Å². The number of unbranched alkanes of at least 4 members (excludes halogenated alkanes) is 7. The minimum absolute atomic E-state index is 0.319. The molecule has 0 aliphatic carbocycles. The van der Waals surface area contributed by atoms with E-state index in [2.05, 4.69) is 6.92 Å². The van der Waals surface area contributed by atoms with E-state index in [1.54, 1.807) is 0 Å². The van der Waals surface area contributed by atoms with Crippen molar-refractivity contribution in [2.75, 3.05) is 13.2 Å². The van der Waals surface area contributed by atoms with Crippen LogP contribution in [0.1, 0.15) is 71.6 Å². The first-order valence-corrected chi connectivity index (χ1v) is 6.55. The number of rotatable bonds is 9. The van der Waals surface area contributed by atoms with Crippen molar-refractivity contribution in [2.45, 2.75) is 71.6 Å². The lowest BCUT2D eigenvalue weighted by atomic mass is 10.1. The Morgan fingerprint density at radius 3 is 1.27 bits per heavy atom. The monoisotopic (exact) mass is 218 g/mol. The van der Waals surface area contributed by atoms with Gasteiger partial charge in [-0.15, -0.1) is 0 Å². The van der Waals surface area contributed by atoms with Crippen LogP contribution in [-0.2, 0) is 0 Å². The molecule has 0 spiro atoms. The Labute approximate surface area is 95.7 Å². The van der Waals surface area contributed by atoms with Crippen molar-refractivity contribution < 1.29 is 10.2 Å². The van der Waals surface area contributed by atoms with E-state index in [0.29, 0.717) is 13.2 Å². The van der Waals surface area contributed by atoms with Gasteiger partial charge in [0.05, 0.1) is 0 Å². The van der Waals surface area contributed by atoms with Crippen molar-refractivity contribution in [3.63, 3.8) is 0 Å². The molecule has 2 heteroatoms. The van der Waals surface area contributed by atoms with Crippen LogP contribution in [0.15, 0.2) is 0 Å². The predicted molar refractivity (Wildman–Crippen MR) is 67.1 cm³/mol. The third kappa shape index (κ3) is 24.9. The highest BCUT2D eigenvalue weighted by Crippen LogP contribution is 2.07. The van der Waals surface area contributed by atoms with Gasteiger partial charge in [-0.25, -0.2) is 0 Å². The Morgan fingerprint density at radius 2 is 0.933 bits per heavy atom. The normalized spacial score (nSPS) is 9.60. The molecule has 0 aromatic carbocycles. The Hall–Kier alpha value is -0.0800. The first-order valence-electron chi connectivity index (χ1n) is 6.55. The SMILES string of the molecule is CCCCCCCCCCO.CCCO. The van der Waals surface area contributed by atoms with Crippen LogP contribution < -0.4 is 0 Å². The highest BCUT2D eigenvalue weighted by Gasteiger charge is 1.89. The van der Waals surface area contributed by atoms with Gasteiger partial charge in [0, 0.05) is 13.2 Å². The molecule has 0 saturated heterocycles. The van der Waals surface area contributed by atoms with Crippen LogP contribution in [-0.4, -0.2) is 23.4 Å². The molecular weight excluding hydrogens is 188 g/mol. The molecule has 2 nitrogen and oxygen atoms in total. The summed E-state index contributed by atoms with van der Waals surface area (Å²) in [6.45, 7) is 4.86. The van der Waals surface area contributed by atoms with E-state index in [1.807, 2.05) is 6.92 Å². The maximum atomic E-state index is 8.51. The van der Waals surface area contributed by atoms with Gasteiger partial charge in [0.1, 0.15) is 0 Å². The average molecular weight is 218 g/mol. The minimum Gasteiger partial charge on any atom is -0.396 e. The predicted octanol–water partition coefficient (Wildman–Crippen LogP) is 3.51. The molecule has 94 valence electrons. The molecule has 0 heterocycles. The number of hydrogen-bond acceptors (Lipinski definition) is 2. The van der Waals surface area contributed by atoms with Gasteiger partial charge in [-0.1, -0.05) is 58.8 Å². The summed E-state index contributed by atoms with van der Waals surface area (Å²) >= 11 is 0. The summed E-state index contributed by atoms with van der Waals surface area (Å²) in [6, 6.07) is 0. The first kappa shape index (κ1) is 17.3. The van der Waals surface area contributed by atoms with Crippen LogP contribution in [0.25, 0.3) is 0 Å². The standard InChI is InChI=1S/C10H22O.C3H8O/c1-2-3-4-5-6-7-8-9-10-11;1-2-3-4/h11H,2-10H2,1H3;4H,2-3H2,1H3. The molecule has 0 aliphatic heterocycles. The summed E-state index contributed by atoms with van der Waals surface area (Å²) in [7, 11) is 0. The molecule has 0 saturated carbocycles. The fourth-order valence-corrected chi connectivity index (χ4v) is 1.25. The summed E-state index contributed by atoms with van der Waals surface area (Å²) < 4.78 is 0. The van der Waals surface area contributed by atoms with Gasteiger partial charge in [0.2, 0.25) is 0 Å². The van der Waals surface area contributed by atoms with E-state index in [9.17, 15) is 0 Å². The molecule has 0 aromatic rings. The molecule has 0 rings (SSSR count). The highest BCUT2D eigenvalue weighted by molar-refractivity contribution is 4.44. The highest BCUT2D eigenvalue weighted by atomic mass is 16.3. The number of hydrogen-bond donors (Lipinski definition) is 2. The van der Waals surface area contributed by atoms with Crippen LogP contribution >= 0.6 is 0 Å². The van der Waals surface area contributed by atoms with Gasteiger partial charge >= 0.3 is 0 Å². The molecule has 0 radical (unpaired) electrons. The van der Waals surface area contributed by atoms with E-state index < -0.39 is 0 Å². The van der Waals surface area contributed by atoms with Gasteiger partial charge in [0.25, 0.3) is 0 Å². The number of aliphatic hydroxyl groups is 2. The van der Waals surface area contributed by atoms with E-state index in [4.69, 9.17) is 10.2 Å². The van der Waals surface area contributed by atoms with E-state index in [0.717, 1.165) is 12.8 Å². The Bertz CT molecular complexity index is 74.6. The Morgan fingerprint density at radius 1 is 0.533 bits per heavy atom. The molecule has 0 unspecified atom stereocenters. The fourth-order valence-electron chi connectivity index (χ4n) is 1.25. The van der Waals surface area contributed by atoms with Gasteiger partial charge in [-0.05, 0) is 12.8 Å². The summed E-state index contributed by atoms with van der Waals surface area (Å²) in [6.07, 6.45) is 11.3. The quantitative estimate of drug-likeness (QED) is 0.581. The van der Waals surface area contributed by atoms with E-state index >= 15 is 0 Å². The summed E-state index contributed by atoms with van der Waals surface area (Å²) in [5, 5.41) is 16.4. The Kier molecular flexibility index (Phi) is 22.5. The zero-order valence-electron chi connectivity index (χ0n) is 10.7. The third-order valence-electron chi connectivity index (χ3n) is 2.24. The van der Waals surface area contributed by atoms with Crippen molar-refractivity contribution >= 4 is 0 Å². The Balaban J connectivity index is 0. The van der Waals surface area contributed by atoms with Crippen molar-refractivity contribution in [3.8, 4) is 0 Å². The van der Waals surface area contributed by atoms with Crippen molar-refractivity contribution in [1.82, 2.24) is 0 Å². The van der Waals surface area contributed by atoms with Crippen LogP contribution in [0, 0.1) is 0 Å². The molecule has 0 aliphatic rings. The molecular formula is C13H30O2. The second-order valence-electron chi connectivity index (χ2n) is 3.92. The van der Waals surface area contributed by atoms with Gasteiger partial charge < -0.3 is 10.2 Å². The first-order chi connectivity index (χ1) is 7.33. The maximum absolute atomic E-state index is 8.51. The van der Waals surface area contributed by atoms with Crippen LogP contribution in [0.3, 0.4) is 0 Å². The molecule has 15 heavy (non-hydrogen) atoms. The average Bonchev–Trinajstić information content (AvgIpc) is 2.28. The lowest BCUT2D eigenvalue weighted by Gasteiger charge is -1.98. The van der Waals surface area contributed by atoms with Crippen molar-refractivity contribution in [1.29, 1.82) is 0 Å². The molecule has 0 fully saturated rings. The van der Waals surface area contributed by atoms with Crippen LogP contribution in [0.5, 0.6) is 0 Å². The second kappa shape index (κ2) is 19.5. The molecule has 2 N–H and O–H groups in total. The van der Waals surface area contributed by atoms with Crippen LogP contribution in [0.4, 0.5) is 0 Å². The lowest BCUT2D eigenvalue weighted by molar-refractivity contribution is 0.282. The van der Waals surface area contributed by atoms with E-state index in [1.165, 1.54) is 44.9 Å². The lowest BCUT2D eigenvalue weighted by Crippen LogP contribution is -1.83. The molecule has 0 bridgehead atoms. The zero-order valence-corrected chi connectivity index (χ0v) is 10.7. The van der Waals surface area contributed by atoms with Gasteiger partial charge in [0.15, 0.2) is 0 Å². The minimum atomic E-state index is 0.319. The van der Waals surface area contributed by atoms with Crippen LogP contribution in [0.2, 0.25) is 0 Å².